The fraction of sp³-hybridized carbons (Fsp3) is 0.316. The van der Waals surface area contributed by atoms with Crippen LogP contribution in [0.3, 0.4) is 0 Å². The second-order valence-corrected chi connectivity index (χ2v) is 6.55. The highest BCUT2D eigenvalue weighted by Gasteiger charge is 2.40. The maximum atomic E-state index is 10.8. The van der Waals surface area contributed by atoms with E-state index in [0.29, 0.717) is 12.8 Å². The Morgan fingerprint density at radius 2 is 1.28 bits per heavy atom. The maximum absolute atomic E-state index is 10.8. The SMILES string of the molecule is O=C(O)C1(N=S(=O)=O)CCCCC1.c1ccc(-c2ccccc2)cc1. The first-order valence-electron chi connectivity index (χ1n) is 8.20. The van der Waals surface area contributed by atoms with E-state index in [4.69, 9.17) is 5.11 Å². The molecule has 1 saturated carbocycles. The molecular weight excluding hydrogens is 338 g/mol. The second-order valence-electron chi connectivity index (χ2n) is 5.94. The smallest absolute Gasteiger partial charge is 0.332 e. The third-order valence-electron chi connectivity index (χ3n) is 4.21. The van der Waals surface area contributed by atoms with E-state index in [1.807, 2.05) is 12.1 Å². The largest absolute Gasteiger partial charge is 0.479 e. The van der Waals surface area contributed by atoms with Crippen LogP contribution in [0.15, 0.2) is 65.0 Å². The summed E-state index contributed by atoms with van der Waals surface area (Å²) in [4.78, 5) is 10.8. The van der Waals surface area contributed by atoms with Crippen molar-refractivity contribution in [3.63, 3.8) is 0 Å². The predicted octanol–water partition coefficient (Wildman–Crippen LogP) is 4.19. The van der Waals surface area contributed by atoms with E-state index >= 15 is 0 Å². The molecule has 1 N–H and O–H groups in total. The molecular formula is C19H21NO4S. The van der Waals surface area contributed by atoms with Crippen LogP contribution in [0.5, 0.6) is 0 Å². The Morgan fingerprint density at radius 3 is 1.64 bits per heavy atom. The Labute approximate surface area is 149 Å². The number of rotatable bonds is 3. The van der Waals surface area contributed by atoms with Crippen molar-refractivity contribution < 1.29 is 18.3 Å². The third-order valence-corrected chi connectivity index (χ3v) is 4.71. The number of hydrogen-bond donors (Lipinski definition) is 1. The van der Waals surface area contributed by atoms with Gasteiger partial charge in [-0.2, -0.15) is 12.8 Å². The monoisotopic (exact) mass is 359 g/mol. The van der Waals surface area contributed by atoms with Crippen LogP contribution < -0.4 is 0 Å². The van der Waals surface area contributed by atoms with Gasteiger partial charge in [-0.25, -0.2) is 4.79 Å². The molecule has 25 heavy (non-hydrogen) atoms. The van der Waals surface area contributed by atoms with Gasteiger partial charge in [0.15, 0.2) is 5.54 Å². The van der Waals surface area contributed by atoms with Gasteiger partial charge >= 0.3 is 16.5 Å². The van der Waals surface area contributed by atoms with Crippen molar-refractivity contribution in [2.45, 2.75) is 37.6 Å². The van der Waals surface area contributed by atoms with Gasteiger partial charge in [0.2, 0.25) is 0 Å². The van der Waals surface area contributed by atoms with Crippen molar-refractivity contribution in [1.29, 1.82) is 0 Å². The standard InChI is InChI=1S/C12H10.C7H11NO4S/c1-3-7-11(8-4-1)12-9-5-2-6-10-12;9-6(10)7(8-13(11)12)4-2-1-3-5-7/h1-10H;1-5H2,(H,9,10). The first-order valence-corrected chi connectivity index (χ1v) is 9.23. The molecule has 0 aliphatic heterocycles. The summed E-state index contributed by atoms with van der Waals surface area (Å²) in [5, 5.41) is 8.87. The fourth-order valence-corrected chi connectivity index (χ4v) is 3.43. The Balaban J connectivity index is 0.000000181. The van der Waals surface area contributed by atoms with Crippen LogP contribution >= 0.6 is 0 Å². The normalized spacial score (nSPS) is 15.4. The van der Waals surface area contributed by atoms with Gasteiger partial charge in [0, 0.05) is 0 Å². The molecule has 1 aliphatic rings. The lowest BCUT2D eigenvalue weighted by Gasteiger charge is -2.26. The highest BCUT2D eigenvalue weighted by Crippen LogP contribution is 2.31. The molecule has 1 fully saturated rings. The Morgan fingerprint density at radius 1 is 0.840 bits per heavy atom. The number of benzene rings is 2. The number of carboxylic acids is 1. The van der Waals surface area contributed by atoms with E-state index in [1.165, 1.54) is 11.1 Å². The summed E-state index contributed by atoms with van der Waals surface area (Å²) in [5.41, 5.74) is 1.18. The topological polar surface area (TPSA) is 83.8 Å². The molecule has 0 radical (unpaired) electrons. The van der Waals surface area contributed by atoms with Gasteiger partial charge in [-0.3, -0.25) is 0 Å². The van der Waals surface area contributed by atoms with Crippen molar-refractivity contribution in [3.05, 3.63) is 60.7 Å². The summed E-state index contributed by atoms with van der Waals surface area (Å²) >= 11 is 0. The lowest BCUT2D eigenvalue weighted by atomic mass is 9.83. The Kier molecular flexibility index (Phi) is 6.89. The highest BCUT2D eigenvalue weighted by atomic mass is 32.2. The fourth-order valence-electron chi connectivity index (χ4n) is 2.88. The zero-order valence-corrected chi connectivity index (χ0v) is 14.7. The van der Waals surface area contributed by atoms with Crippen LogP contribution in [-0.2, 0) is 15.3 Å². The highest BCUT2D eigenvalue weighted by molar-refractivity contribution is 7.61. The molecule has 2 aromatic carbocycles. The second kappa shape index (κ2) is 9.13. The van der Waals surface area contributed by atoms with E-state index in [0.717, 1.165) is 19.3 Å². The molecule has 0 unspecified atom stereocenters. The Hall–Kier alpha value is -2.47. The van der Waals surface area contributed by atoms with E-state index in [-0.39, 0.29) is 0 Å². The molecule has 0 heterocycles. The predicted molar refractivity (Wildman–Crippen MR) is 96.7 cm³/mol. The van der Waals surface area contributed by atoms with Crippen molar-refractivity contribution >= 4 is 16.5 Å². The summed E-state index contributed by atoms with van der Waals surface area (Å²) < 4.78 is 24.0. The minimum Gasteiger partial charge on any atom is -0.479 e. The first kappa shape index (κ1) is 18.9. The van der Waals surface area contributed by atoms with Gasteiger partial charge in [-0.1, -0.05) is 79.9 Å². The van der Waals surface area contributed by atoms with E-state index in [9.17, 15) is 13.2 Å². The molecule has 1 aliphatic carbocycles. The molecule has 132 valence electrons. The number of carbonyl (C=O) groups is 1. The average molecular weight is 359 g/mol. The molecule has 0 spiro atoms. The van der Waals surface area contributed by atoms with Crippen LogP contribution in [0.4, 0.5) is 0 Å². The molecule has 3 rings (SSSR count). The molecule has 0 atom stereocenters. The average Bonchev–Trinajstić information content (AvgIpc) is 2.64. The number of nitrogens with zero attached hydrogens (tertiary/aromatic N) is 1. The third kappa shape index (κ3) is 5.53. The Bertz CT molecular complexity index is 766. The summed E-state index contributed by atoms with van der Waals surface area (Å²) in [6.45, 7) is 0. The molecule has 2 aromatic rings. The zero-order valence-electron chi connectivity index (χ0n) is 13.8. The summed E-state index contributed by atoms with van der Waals surface area (Å²) in [6, 6.07) is 20.8. The van der Waals surface area contributed by atoms with Gasteiger partial charge in [0.05, 0.1) is 0 Å². The van der Waals surface area contributed by atoms with Crippen LogP contribution in [0.1, 0.15) is 32.1 Å². The summed E-state index contributed by atoms with van der Waals surface area (Å²) in [7, 11) is -2.63. The molecule has 5 nitrogen and oxygen atoms in total. The van der Waals surface area contributed by atoms with Gasteiger partial charge in [-0.15, -0.1) is 0 Å². The zero-order chi connectivity index (χ0) is 18.1. The van der Waals surface area contributed by atoms with Crippen molar-refractivity contribution in [2.75, 3.05) is 0 Å². The number of carboxylic acid groups (broad SMARTS) is 1. The minimum atomic E-state index is -2.63. The van der Waals surface area contributed by atoms with Crippen molar-refractivity contribution in [3.8, 4) is 11.1 Å². The number of hydrogen-bond acceptors (Lipinski definition) is 4. The number of aliphatic carboxylic acids is 1. The lowest BCUT2D eigenvalue weighted by Crippen LogP contribution is -2.38. The van der Waals surface area contributed by atoms with Crippen molar-refractivity contribution in [1.82, 2.24) is 0 Å². The molecule has 0 amide bonds. The van der Waals surface area contributed by atoms with Gasteiger partial charge in [-0.05, 0) is 24.0 Å². The quantitative estimate of drug-likeness (QED) is 0.890. The summed E-state index contributed by atoms with van der Waals surface area (Å²) in [6.07, 6.45) is 3.07. The maximum Gasteiger partial charge on any atom is 0.332 e. The van der Waals surface area contributed by atoms with Gasteiger partial charge in [0.25, 0.3) is 0 Å². The van der Waals surface area contributed by atoms with Crippen LogP contribution in [0.25, 0.3) is 11.1 Å². The first-order chi connectivity index (χ1) is 12.0. The summed E-state index contributed by atoms with van der Waals surface area (Å²) in [5.74, 6) is -1.13. The molecule has 0 aromatic heterocycles. The molecule has 0 saturated heterocycles. The van der Waals surface area contributed by atoms with Gasteiger partial charge in [0.1, 0.15) is 0 Å². The molecule has 6 heteroatoms. The van der Waals surface area contributed by atoms with Crippen LogP contribution in [0.2, 0.25) is 0 Å². The molecule has 0 bridgehead atoms. The van der Waals surface area contributed by atoms with Crippen LogP contribution in [-0.4, -0.2) is 25.0 Å². The minimum absolute atomic E-state index is 0.330. The van der Waals surface area contributed by atoms with Crippen molar-refractivity contribution in [2.24, 2.45) is 4.36 Å². The van der Waals surface area contributed by atoms with E-state index in [2.05, 4.69) is 52.9 Å². The van der Waals surface area contributed by atoms with Gasteiger partial charge < -0.3 is 5.11 Å². The van der Waals surface area contributed by atoms with E-state index < -0.39 is 22.0 Å². The lowest BCUT2D eigenvalue weighted by molar-refractivity contribution is -0.144. The van der Waals surface area contributed by atoms with E-state index in [1.54, 1.807) is 0 Å². The van der Waals surface area contributed by atoms with Crippen LogP contribution in [0, 0.1) is 0 Å².